The highest BCUT2D eigenvalue weighted by Gasteiger charge is 2.17. The number of fused-ring (bicyclic) bond motifs is 1. The van der Waals surface area contributed by atoms with E-state index in [0.717, 1.165) is 30.5 Å². The van der Waals surface area contributed by atoms with Crippen LogP contribution in [-0.2, 0) is 0 Å². The van der Waals surface area contributed by atoms with Crippen LogP contribution in [0.2, 0.25) is 0 Å². The Hall–Kier alpha value is -1.42. The highest BCUT2D eigenvalue weighted by molar-refractivity contribution is 5.72. The van der Waals surface area contributed by atoms with Crippen molar-refractivity contribution in [2.24, 2.45) is 0 Å². The van der Waals surface area contributed by atoms with Gasteiger partial charge in [-0.15, -0.1) is 0 Å². The van der Waals surface area contributed by atoms with E-state index in [1.165, 1.54) is 0 Å². The Bertz CT molecular complexity index is 409. The van der Waals surface area contributed by atoms with Gasteiger partial charge in [-0.1, -0.05) is 0 Å². The second-order valence-electron chi connectivity index (χ2n) is 3.66. The highest BCUT2D eigenvalue weighted by Crippen LogP contribution is 2.17. The zero-order valence-corrected chi connectivity index (χ0v) is 7.85. The first kappa shape index (κ1) is 7.94. The average molecular weight is 188 g/mol. The molecule has 1 unspecified atom stereocenters. The standard InChI is InChI=1S/C10H12N4/c1-2-9-10(12-4-1)7-14(13-9)8-3-5-11-6-8/h1-2,4,7-8,11H,3,5-6H2. The Morgan fingerprint density at radius 2 is 2.43 bits per heavy atom. The summed E-state index contributed by atoms with van der Waals surface area (Å²) in [4.78, 5) is 4.27. The van der Waals surface area contributed by atoms with E-state index >= 15 is 0 Å². The number of pyridine rings is 1. The lowest BCUT2D eigenvalue weighted by Gasteiger charge is -2.06. The van der Waals surface area contributed by atoms with Crippen molar-refractivity contribution in [3.63, 3.8) is 0 Å². The Labute approximate surface area is 81.9 Å². The molecule has 4 nitrogen and oxygen atoms in total. The molecule has 0 bridgehead atoms. The fraction of sp³-hybridized carbons (Fsp3) is 0.400. The normalized spacial score (nSPS) is 21.9. The molecule has 3 heterocycles. The van der Waals surface area contributed by atoms with Gasteiger partial charge in [0.15, 0.2) is 0 Å². The third-order valence-electron chi connectivity index (χ3n) is 2.70. The molecule has 1 atom stereocenters. The van der Waals surface area contributed by atoms with Gasteiger partial charge in [0, 0.05) is 12.7 Å². The summed E-state index contributed by atoms with van der Waals surface area (Å²) in [5.74, 6) is 0. The number of rotatable bonds is 1. The predicted octanol–water partition coefficient (Wildman–Crippen LogP) is 0.966. The van der Waals surface area contributed by atoms with Gasteiger partial charge >= 0.3 is 0 Å². The summed E-state index contributed by atoms with van der Waals surface area (Å²) < 4.78 is 2.04. The molecule has 3 rings (SSSR count). The quantitative estimate of drug-likeness (QED) is 0.725. The van der Waals surface area contributed by atoms with Gasteiger partial charge in [-0.05, 0) is 25.1 Å². The molecule has 1 N–H and O–H groups in total. The number of hydrogen-bond donors (Lipinski definition) is 1. The van der Waals surface area contributed by atoms with Crippen LogP contribution in [0.3, 0.4) is 0 Å². The summed E-state index contributed by atoms with van der Waals surface area (Å²) in [5.41, 5.74) is 1.97. The first-order valence-electron chi connectivity index (χ1n) is 4.94. The van der Waals surface area contributed by atoms with E-state index in [1.54, 1.807) is 6.20 Å². The molecule has 1 fully saturated rings. The van der Waals surface area contributed by atoms with E-state index in [2.05, 4.69) is 15.4 Å². The van der Waals surface area contributed by atoms with Crippen molar-refractivity contribution in [2.75, 3.05) is 13.1 Å². The lowest BCUT2D eigenvalue weighted by molar-refractivity contribution is 0.495. The largest absolute Gasteiger partial charge is 0.315 e. The average Bonchev–Trinajstić information content (AvgIpc) is 2.86. The molecule has 0 amide bonds. The van der Waals surface area contributed by atoms with Gasteiger partial charge in [0.05, 0.1) is 12.2 Å². The summed E-state index contributed by atoms with van der Waals surface area (Å²) in [6, 6.07) is 4.43. The van der Waals surface area contributed by atoms with Crippen LogP contribution in [0.15, 0.2) is 24.5 Å². The number of aromatic nitrogens is 3. The molecule has 1 aliphatic rings. The highest BCUT2D eigenvalue weighted by atomic mass is 15.3. The molecule has 2 aromatic heterocycles. The van der Waals surface area contributed by atoms with Crippen LogP contribution in [0, 0.1) is 0 Å². The molecule has 0 saturated carbocycles. The first-order valence-corrected chi connectivity index (χ1v) is 4.94. The smallest absolute Gasteiger partial charge is 0.111 e. The topological polar surface area (TPSA) is 42.7 Å². The Morgan fingerprint density at radius 3 is 3.21 bits per heavy atom. The van der Waals surface area contributed by atoms with Gasteiger partial charge in [-0.2, -0.15) is 5.10 Å². The zero-order valence-electron chi connectivity index (χ0n) is 7.85. The number of nitrogens with zero attached hydrogens (tertiary/aromatic N) is 3. The monoisotopic (exact) mass is 188 g/mol. The fourth-order valence-corrected chi connectivity index (χ4v) is 1.92. The molecule has 72 valence electrons. The summed E-state index contributed by atoms with van der Waals surface area (Å²) in [5, 5.41) is 7.84. The molecule has 4 heteroatoms. The van der Waals surface area contributed by atoms with Crippen molar-refractivity contribution in [3.8, 4) is 0 Å². The third-order valence-corrected chi connectivity index (χ3v) is 2.70. The molecular weight excluding hydrogens is 176 g/mol. The van der Waals surface area contributed by atoms with E-state index in [1.807, 2.05) is 23.0 Å². The van der Waals surface area contributed by atoms with Crippen molar-refractivity contribution < 1.29 is 0 Å². The summed E-state index contributed by atoms with van der Waals surface area (Å²) >= 11 is 0. The SMILES string of the molecule is c1cnc2cn(C3CCNC3)nc2c1. The summed E-state index contributed by atoms with van der Waals surface area (Å²) in [6.45, 7) is 2.11. The lowest BCUT2D eigenvalue weighted by atomic mass is 10.3. The van der Waals surface area contributed by atoms with Gasteiger partial charge in [-0.25, -0.2) is 0 Å². The maximum absolute atomic E-state index is 4.51. The molecule has 0 spiro atoms. The van der Waals surface area contributed by atoms with Gasteiger partial charge in [0.1, 0.15) is 11.0 Å². The van der Waals surface area contributed by atoms with Crippen molar-refractivity contribution in [1.82, 2.24) is 20.1 Å². The molecule has 1 aliphatic heterocycles. The lowest BCUT2D eigenvalue weighted by Crippen LogP contribution is -2.13. The molecule has 2 aromatic rings. The molecular formula is C10H12N4. The van der Waals surface area contributed by atoms with E-state index < -0.39 is 0 Å². The maximum atomic E-state index is 4.51. The van der Waals surface area contributed by atoms with Crippen LogP contribution in [0.5, 0.6) is 0 Å². The summed E-state index contributed by atoms with van der Waals surface area (Å²) in [7, 11) is 0. The maximum Gasteiger partial charge on any atom is 0.111 e. The minimum Gasteiger partial charge on any atom is -0.315 e. The van der Waals surface area contributed by atoms with Crippen molar-refractivity contribution >= 4 is 11.0 Å². The van der Waals surface area contributed by atoms with Crippen molar-refractivity contribution in [3.05, 3.63) is 24.5 Å². The number of hydrogen-bond acceptors (Lipinski definition) is 3. The Balaban J connectivity index is 2.05. The number of nitrogens with one attached hydrogen (secondary N) is 1. The van der Waals surface area contributed by atoms with Gasteiger partial charge < -0.3 is 5.32 Å². The van der Waals surface area contributed by atoms with E-state index in [-0.39, 0.29) is 0 Å². The Morgan fingerprint density at radius 1 is 1.43 bits per heavy atom. The molecule has 14 heavy (non-hydrogen) atoms. The Kier molecular flexibility index (Phi) is 1.73. The van der Waals surface area contributed by atoms with Crippen LogP contribution in [0.1, 0.15) is 12.5 Å². The molecule has 1 saturated heterocycles. The zero-order chi connectivity index (χ0) is 9.38. The van der Waals surface area contributed by atoms with Crippen LogP contribution in [0.25, 0.3) is 11.0 Å². The minimum absolute atomic E-state index is 0.504. The van der Waals surface area contributed by atoms with Crippen molar-refractivity contribution in [1.29, 1.82) is 0 Å². The predicted molar refractivity (Wildman–Crippen MR) is 54.1 cm³/mol. The van der Waals surface area contributed by atoms with Crippen molar-refractivity contribution in [2.45, 2.75) is 12.5 Å². The van der Waals surface area contributed by atoms with Crippen LogP contribution >= 0.6 is 0 Å². The van der Waals surface area contributed by atoms with Crippen LogP contribution < -0.4 is 5.32 Å². The van der Waals surface area contributed by atoms with Gasteiger partial charge in [0.25, 0.3) is 0 Å². The molecule has 0 radical (unpaired) electrons. The third kappa shape index (κ3) is 1.19. The van der Waals surface area contributed by atoms with E-state index in [9.17, 15) is 0 Å². The van der Waals surface area contributed by atoms with Gasteiger partial charge in [-0.3, -0.25) is 9.67 Å². The fourth-order valence-electron chi connectivity index (χ4n) is 1.92. The van der Waals surface area contributed by atoms with E-state index in [4.69, 9.17) is 0 Å². The second kappa shape index (κ2) is 3.06. The first-order chi connectivity index (χ1) is 6.93. The minimum atomic E-state index is 0.504. The van der Waals surface area contributed by atoms with Crippen LogP contribution in [0.4, 0.5) is 0 Å². The molecule has 0 aliphatic carbocycles. The second-order valence-corrected chi connectivity index (χ2v) is 3.66. The van der Waals surface area contributed by atoms with Crippen LogP contribution in [-0.4, -0.2) is 27.9 Å². The summed E-state index contributed by atoms with van der Waals surface area (Å²) in [6.07, 6.45) is 5.00. The van der Waals surface area contributed by atoms with E-state index in [0.29, 0.717) is 6.04 Å². The van der Waals surface area contributed by atoms with Gasteiger partial charge in [0.2, 0.25) is 0 Å². The molecule has 0 aromatic carbocycles.